The molecule has 1 N–H and O–H groups in total. The van der Waals surface area contributed by atoms with Gasteiger partial charge in [0.1, 0.15) is 17.4 Å². The van der Waals surface area contributed by atoms with Gasteiger partial charge in [-0.2, -0.15) is 0 Å². The Morgan fingerprint density at radius 1 is 1.18 bits per heavy atom. The summed E-state index contributed by atoms with van der Waals surface area (Å²) in [7, 11) is 1.52. The Hall–Kier alpha value is -2.78. The standard InChI is InChI=1S/C23H25ClFN3O5/c1-23(2)11-28-18(21(32)26(3)10-16(23)29)13-6-7-27(20(31)17(13)19(30)22(28)33)9-12-4-5-15(25)14(24)8-12/h4-5,8,16-17,29H,6-7,9-11H2,1-3H3/t16-,17?/m1/s1. The van der Waals surface area contributed by atoms with Crippen molar-refractivity contribution in [1.29, 1.82) is 0 Å². The molecule has 2 fully saturated rings. The van der Waals surface area contributed by atoms with Crippen LogP contribution in [-0.4, -0.2) is 76.1 Å². The van der Waals surface area contributed by atoms with Gasteiger partial charge in [-0.1, -0.05) is 31.5 Å². The number of ketones is 1. The summed E-state index contributed by atoms with van der Waals surface area (Å²) in [6, 6.07) is 4.11. The minimum Gasteiger partial charge on any atom is -0.391 e. The fraction of sp³-hybridized carbons (Fsp3) is 0.478. The number of β-amino-alcohol motifs (C(OH)–C–C–N with tert-alkyl or cyclic N) is 1. The predicted octanol–water partition coefficient (Wildman–Crippen LogP) is 1.35. The molecule has 0 aromatic heterocycles. The number of likely N-dealkylation sites (N-methyl/N-ethyl adjacent to an activating group) is 1. The Balaban J connectivity index is 1.72. The number of rotatable bonds is 2. The van der Waals surface area contributed by atoms with Crippen LogP contribution in [0.5, 0.6) is 0 Å². The third kappa shape index (κ3) is 3.93. The molecule has 33 heavy (non-hydrogen) atoms. The third-order valence-electron chi connectivity index (χ3n) is 6.67. The number of fused-ring (bicyclic) bond motifs is 2. The Morgan fingerprint density at radius 2 is 1.88 bits per heavy atom. The highest BCUT2D eigenvalue weighted by Gasteiger charge is 2.52. The van der Waals surface area contributed by atoms with Gasteiger partial charge in [0, 0.05) is 38.6 Å². The van der Waals surface area contributed by atoms with Crippen LogP contribution in [0.3, 0.4) is 0 Å². The Bertz CT molecular complexity index is 1100. The van der Waals surface area contributed by atoms with Crippen molar-refractivity contribution in [3.8, 4) is 0 Å². The first-order valence-corrected chi connectivity index (χ1v) is 11.0. The van der Waals surface area contributed by atoms with E-state index in [0.717, 1.165) is 4.90 Å². The molecule has 3 amide bonds. The van der Waals surface area contributed by atoms with Crippen LogP contribution in [0, 0.1) is 17.2 Å². The van der Waals surface area contributed by atoms with Crippen LogP contribution in [0.2, 0.25) is 5.02 Å². The van der Waals surface area contributed by atoms with Crippen molar-refractivity contribution in [3.05, 3.63) is 45.9 Å². The normalized spacial score (nSPS) is 25.7. The molecule has 1 aromatic rings. The molecule has 3 aliphatic rings. The van der Waals surface area contributed by atoms with Crippen molar-refractivity contribution in [2.75, 3.05) is 26.7 Å². The van der Waals surface area contributed by atoms with Crippen molar-refractivity contribution in [2.24, 2.45) is 11.3 Å². The minimum absolute atomic E-state index is 0.0180. The quantitative estimate of drug-likeness (QED) is 0.512. The summed E-state index contributed by atoms with van der Waals surface area (Å²) < 4.78 is 13.5. The van der Waals surface area contributed by atoms with Crippen molar-refractivity contribution in [1.82, 2.24) is 14.7 Å². The molecular weight excluding hydrogens is 453 g/mol. The topological polar surface area (TPSA) is 98.2 Å². The molecule has 4 rings (SSSR count). The van der Waals surface area contributed by atoms with Crippen molar-refractivity contribution >= 4 is 35.1 Å². The zero-order valence-electron chi connectivity index (χ0n) is 18.6. The zero-order valence-corrected chi connectivity index (χ0v) is 19.4. The van der Waals surface area contributed by atoms with E-state index in [2.05, 4.69) is 0 Å². The first-order valence-electron chi connectivity index (χ1n) is 10.7. The van der Waals surface area contributed by atoms with Gasteiger partial charge in [0.05, 0.1) is 11.1 Å². The summed E-state index contributed by atoms with van der Waals surface area (Å²) in [6.45, 7) is 3.88. The minimum atomic E-state index is -1.36. The van der Waals surface area contributed by atoms with Crippen LogP contribution in [0.1, 0.15) is 25.8 Å². The average Bonchev–Trinajstić information content (AvgIpc) is 2.75. The van der Waals surface area contributed by atoms with Gasteiger partial charge in [-0.25, -0.2) is 4.39 Å². The summed E-state index contributed by atoms with van der Waals surface area (Å²) in [4.78, 5) is 56.5. The van der Waals surface area contributed by atoms with Crippen LogP contribution < -0.4 is 0 Å². The number of amides is 3. The fourth-order valence-electron chi connectivity index (χ4n) is 4.60. The predicted molar refractivity (Wildman–Crippen MR) is 116 cm³/mol. The van der Waals surface area contributed by atoms with E-state index in [9.17, 15) is 28.7 Å². The van der Waals surface area contributed by atoms with E-state index in [1.807, 2.05) is 0 Å². The zero-order chi connectivity index (χ0) is 24.2. The third-order valence-corrected chi connectivity index (χ3v) is 6.96. The van der Waals surface area contributed by atoms with Gasteiger partial charge >= 0.3 is 0 Å². The van der Waals surface area contributed by atoms with Gasteiger partial charge in [0.15, 0.2) is 0 Å². The number of Topliss-reactive ketones (excluding diaryl/α,β-unsaturated/α-hetero) is 1. The highest BCUT2D eigenvalue weighted by atomic mass is 35.5. The van der Waals surface area contributed by atoms with Crippen molar-refractivity contribution in [2.45, 2.75) is 32.9 Å². The first-order chi connectivity index (χ1) is 15.4. The summed E-state index contributed by atoms with van der Waals surface area (Å²) in [5.41, 5.74) is 0.197. The first kappa shape index (κ1) is 23.4. The van der Waals surface area contributed by atoms with E-state index < -0.39 is 46.8 Å². The number of hydrogen-bond acceptors (Lipinski definition) is 5. The highest BCUT2D eigenvalue weighted by Crippen LogP contribution is 2.38. The SMILES string of the molecule is CN1C[C@@H](O)C(C)(C)CN2C(=O)C(=O)C3C(=O)N(Cc4ccc(F)c(Cl)c4)CCC3=C2C1=O. The molecule has 0 aliphatic carbocycles. The van der Waals surface area contributed by atoms with E-state index in [1.54, 1.807) is 13.8 Å². The molecule has 10 heteroatoms. The molecule has 1 aromatic carbocycles. The maximum Gasteiger partial charge on any atom is 0.295 e. The van der Waals surface area contributed by atoms with Gasteiger partial charge in [0.25, 0.3) is 11.8 Å². The molecule has 3 heterocycles. The van der Waals surface area contributed by atoms with Crippen LogP contribution in [-0.2, 0) is 25.7 Å². The second kappa shape index (κ2) is 8.22. The summed E-state index contributed by atoms with van der Waals surface area (Å²) in [5, 5.41) is 10.5. The molecule has 0 bridgehead atoms. The van der Waals surface area contributed by atoms with Gasteiger partial charge in [-0.05, 0) is 29.7 Å². The maximum atomic E-state index is 13.5. The lowest BCUT2D eigenvalue weighted by molar-refractivity contribution is -0.156. The molecule has 1 unspecified atom stereocenters. The van der Waals surface area contributed by atoms with E-state index in [1.165, 1.54) is 35.0 Å². The van der Waals surface area contributed by atoms with E-state index >= 15 is 0 Å². The van der Waals surface area contributed by atoms with E-state index in [4.69, 9.17) is 11.6 Å². The number of likely N-dealkylation sites (tertiary alicyclic amines) is 1. The Labute approximate surface area is 195 Å². The van der Waals surface area contributed by atoms with Crippen molar-refractivity contribution in [3.63, 3.8) is 0 Å². The van der Waals surface area contributed by atoms with Crippen LogP contribution in [0.4, 0.5) is 4.39 Å². The number of aliphatic hydroxyl groups is 1. The van der Waals surface area contributed by atoms with E-state index in [0.29, 0.717) is 11.1 Å². The molecular formula is C23H25ClFN3O5. The molecule has 176 valence electrons. The van der Waals surface area contributed by atoms with Crippen LogP contribution >= 0.6 is 11.6 Å². The number of carbonyl (C=O) groups is 4. The lowest BCUT2D eigenvalue weighted by Crippen LogP contribution is -2.60. The molecule has 0 spiro atoms. The lowest BCUT2D eigenvalue weighted by Gasteiger charge is -2.46. The van der Waals surface area contributed by atoms with Crippen molar-refractivity contribution < 1.29 is 28.7 Å². The smallest absolute Gasteiger partial charge is 0.295 e. The molecule has 0 saturated carbocycles. The fourth-order valence-corrected chi connectivity index (χ4v) is 4.80. The number of hydrogen-bond donors (Lipinski definition) is 1. The summed E-state index contributed by atoms with van der Waals surface area (Å²) >= 11 is 5.84. The highest BCUT2D eigenvalue weighted by molar-refractivity contribution is 6.43. The maximum absolute atomic E-state index is 13.5. The molecule has 2 saturated heterocycles. The second-order valence-corrected chi connectivity index (χ2v) is 9.92. The second-order valence-electron chi connectivity index (χ2n) is 9.51. The van der Waals surface area contributed by atoms with Gasteiger partial charge in [-0.3, -0.25) is 19.2 Å². The number of piperidine rings is 1. The number of aliphatic hydroxyl groups excluding tert-OH is 1. The Morgan fingerprint density at radius 3 is 2.55 bits per heavy atom. The summed E-state index contributed by atoms with van der Waals surface area (Å²) in [5.74, 6) is -4.83. The van der Waals surface area contributed by atoms with Gasteiger partial charge < -0.3 is 19.8 Å². The van der Waals surface area contributed by atoms with Gasteiger partial charge in [0.2, 0.25) is 11.7 Å². The Kier molecular flexibility index (Phi) is 5.82. The lowest BCUT2D eigenvalue weighted by atomic mass is 9.78. The summed E-state index contributed by atoms with van der Waals surface area (Å²) in [6.07, 6.45) is -0.664. The van der Waals surface area contributed by atoms with Gasteiger partial charge in [-0.15, -0.1) is 0 Å². The molecule has 0 radical (unpaired) electrons. The molecule has 3 aliphatic heterocycles. The molecule has 2 atom stereocenters. The van der Waals surface area contributed by atoms with Crippen LogP contribution in [0.25, 0.3) is 0 Å². The number of benzene rings is 1. The largest absolute Gasteiger partial charge is 0.391 e. The molecule has 8 nitrogen and oxygen atoms in total. The monoisotopic (exact) mass is 477 g/mol. The number of carbonyl (C=O) groups excluding carboxylic acids is 4. The number of halogens is 2. The average molecular weight is 478 g/mol. The number of nitrogens with zero attached hydrogens (tertiary/aromatic N) is 3. The van der Waals surface area contributed by atoms with Crippen LogP contribution in [0.15, 0.2) is 29.5 Å². The van der Waals surface area contributed by atoms with E-state index in [-0.39, 0.29) is 43.3 Å².